The minimum Gasteiger partial charge on any atom is -0.724 e. The molecule has 1 atom stereocenters. The average molecular weight is 382 g/mol. The van der Waals surface area contributed by atoms with Crippen LogP contribution in [-0.4, -0.2) is 19.3 Å². The minimum absolute atomic E-state index is 0. The molecule has 6 nitrogen and oxygen atoms in total. The molecule has 0 amide bonds. The van der Waals surface area contributed by atoms with E-state index >= 15 is 0 Å². The Balaban J connectivity index is 0.00000576. The van der Waals surface area contributed by atoms with Gasteiger partial charge in [-0.1, -0.05) is 63.6 Å². The molecule has 25 heavy (non-hydrogen) atoms. The predicted molar refractivity (Wildman–Crippen MR) is 90.1 cm³/mol. The van der Waals surface area contributed by atoms with Crippen molar-refractivity contribution in [2.45, 2.75) is 71.5 Å². The van der Waals surface area contributed by atoms with Crippen molar-refractivity contribution >= 4 is 10.4 Å². The smallest absolute Gasteiger partial charge is 0.724 e. The largest absolute Gasteiger partial charge is 1.00 e. The topological polar surface area (TPSA) is 84.9 Å². The second-order valence-electron chi connectivity index (χ2n) is 5.74. The van der Waals surface area contributed by atoms with Crippen LogP contribution in [0.1, 0.15) is 64.4 Å². The molecule has 0 fully saturated rings. The number of benzene rings is 1. The second kappa shape index (κ2) is 14.0. The Morgan fingerprint density at radius 3 is 2.28 bits per heavy atom. The van der Waals surface area contributed by atoms with E-state index in [1.807, 2.05) is 18.2 Å². The van der Waals surface area contributed by atoms with Gasteiger partial charge in [-0.25, -0.2) is 8.42 Å². The van der Waals surface area contributed by atoms with Gasteiger partial charge in [0.05, 0.1) is 0 Å². The van der Waals surface area contributed by atoms with E-state index in [4.69, 9.17) is 4.74 Å². The predicted octanol–water partition coefficient (Wildman–Crippen LogP) is 1.12. The second-order valence-corrected chi connectivity index (χ2v) is 6.69. The number of hydrogen-bond acceptors (Lipinski definition) is 6. The molecule has 0 aliphatic rings. The number of rotatable bonds is 13. The summed E-state index contributed by atoms with van der Waals surface area (Å²) in [6, 6.07) is 7.49. The Labute approximate surface area is 173 Å². The summed E-state index contributed by atoms with van der Waals surface area (Å²) in [5.74, 6) is 0.600. The van der Waals surface area contributed by atoms with Gasteiger partial charge in [-0.3, -0.25) is 0 Å². The van der Waals surface area contributed by atoms with Crippen LogP contribution in [0, 0.1) is 0 Å². The zero-order valence-corrected chi connectivity index (χ0v) is 18.2. The molecule has 0 saturated heterocycles. The van der Waals surface area contributed by atoms with Crippen molar-refractivity contribution in [3.8, 4) is 5.75 Å². The first-order chi connectivity index (χ1) is 11.4. The number of hydrogen-bond donors (Lipinski definition) is 0. The van der Waals surface area contributed by atoms with E-state index in [1.165, 1.54) is 45.4 Å². The van der Waals surface area contributed by atoms with Crippen LogP contribution in [0.15, 0.2) is 24.3 Å². The molecule has 0 spiro atoms. The first-order valence-corrected chi connectivity index (χ1v) is 9.81. The van der Waals surface area contributed by atoms with E-state index in [2.05, 4.69) is 16.1 Å². The number of aryl methyl sites for hydroxylation is 1. The third-order valence-electron chi connectivity index (χ3n) is 3.57. The van der Waals surface area contributed by atoms with Crippen molar-refractivity contribution in [2.24, 2.45) is 0 Å². The summed E-state index contributed by atoms with van der Waals surface area (Å²) in [6.07, 6.45) is 8.46. The third kappa shape index (κ3) is 12.8. The Morgan fingerprint density at radius 1 is 1.04 bits per heavy atom. The molecule has 138 valence electrons. The van der Waals surface area contributed by atoms with E-state index in [9.17, 15) is 13.0 Å². The average Bonchev–Trinajstić information content (AvgIpc) is 2.53. The van der Waals surface area contributed by atoms with E-state index in [-0.39, 0.29) is 29.6 Å². The SMILES string of the molecule is CCCCCCCCCc1ccccc1OC(C)OOS(=O)(=O)[O-].[Na+]. The van der Waals surface area contributed by atoms with Crippen molar-refractivity contribution < 1.29 is 56.5 Å². The number of para-hydroxylation sites is 1. The summed E-state index contributed by atoms with van der Waals surface area (Å²) in [5.41, 5.74) is 1.02. The van der Waals surface area contributed by atoms with Crippen molar-refractivity contribution in [2.75, 3.05) is 0 Å². The maximum absolute atomic E-state index is 10.4. The Morgan fingerprint density at radius 2 is 1.64 bits per heavy atom. The minimum atomic E-state index is -4.90. The molecule has 1 aromatic carbocycles. The van der Waals surface area contributed by atoms with Crippen LogP contribution in [0.5, 0.6) is 5.75 Å². The van der Waals surface area contributed by atoms with E-state index in [1.54, 1.807) is 6.07 Å². The molecule has 1 aromatic rings. The van der Waals surface area contributed by atoms with Crippen LogP contribution < -0.4 is 34.3 Å². The van der Waals surface area contributed by atoms with Crippen molar-refractivity contribution in [1.82, 2.24) is 0 Å². The van der Waals surface area contributed by atoms with Gasteiger partial charge in [-0.15, -0.1) is 4.33 Å². The first kappa shape index (κ1) is 24.8. The number of unbranched alkanes of at least 4 members (excludes halogenated alkanes) is 6. The van der Waals surface area contributed by atoms with Gasteiger partial charge in [0.1, 0.15) is 5.75 Å². The van der Waals surface area contributed by atoms with Gasteiger partial charge in [-0.05, 0) is 24.5 Å². The molecule has 0 aliphatic heterocycles. The van der Waals surface area contributed by atoms with Gasteiger partial charge >= 0.3 is 29.6 Å². The molecule has 0 heterocycles. The summed E-state index contributed by atoms with van der Waals surface area (Å²) in [5, 5.41) is 0. The standard InChI is InChI=1S/C17H28O6S.Na/c1-3-4-5-6-7-8-9-12-16-13-10-11-14-17(16)21-15(2)22-23-24(18,19)20;/h10-11,13-15H,3-9,12H2,1-2H3,(H,18,19,20);/q;+1/p-1. The molecule has 8 heteroatoms. The Hall–Kier alpha value is -0.150. The van der Waals surface area contributed by atoms with Crippen LogP contribution >= 0.6 is 0 Å². The molecule has 1 rings (SSSR count). The fourth-order valence-electron chi connectivity index (χ4n) is 2.40. The maximum atomic E-state index is 10.4. The Kier molecular flexibility index (Phi) is 13.9. The van der Waals surface area contributed by atoms with Crippen molar-refractivity contribution in [1.29, 1.82) is 0 Å². The van der Waals surface area contributed by atoms with Gasteiger partial charge in [-0.2, -0.15) is 4.89 Å². The first-order valence-electron chi connectivity index (χ1n) is 8.47. The van der Waals surface area contributed by atoms with Crippen LogP contribution in [-0.2, 0) is 26.0 Å². The molecular weight excluding hydrogens is 355 g/mol. The summed E-state index contributed by atoms with van der Waals surface area (Å²) in [4.78, 5) is 4.42. The third-order valence-corrected chi connectivity index (χ3v) is 3.82. The molecule has 0 aliphatic carbocycles. The van der Waals surface area contributed by atoms with Crippen LogP contribution in [0.2, 0.25) is 0 Å². The molecule has 0 radical (unpaired) electrons. The molecule has 0 aromatic heterocycles. The van der Waals surface area contributed by atoms with Gasteiger partial charge in [0, 0.05) is 6.92 Å². The van der Waals surface area contributed by atoms with Crippen molar-refractivity contribution in [3.05, 3.63) is 29.8 Å². The summed E-state index contributed by atoms with van der Waals surface area (Å²) in [7, 11) is -4.90. The van der Waals surface area contributed by atoms with Crippen molar-refractivity contribution in [3.63, 3.8) is 0 Å². The van der Waals surface area contributed by atoms with E-state index in [0.29, 0.717) is 5.75 Å². The normalized spacial score (nSPS) is 12.4. The summed E-state index contributed by atoms with van der Waals surface area (Å²) in [6.45, 7) is 3.66. The fourth-order valence-corrected chi connectivity index (χ4v) is 2.61. The quantitative estimate of drug-likeness (QED) is 0.0967. The van der Waals surface area contributed by atoms with Gasteiger partial charge < -0.3 is 9.29 Å². The van der Waals surface area contributed by atoms with Gasteiger partial charge in [0.2, 0.25) is 16.7 Å². The zero-order chi connectivity index (χ0) is 17.8. The summed E-state index contributed by atoms with van der Waals surface area (Å²) >= 11 is 0. The molecule has 1 unspecified atom stereocenters. The van der Waals surface area contributed by atoms with E-state index in [0.717, 1.165) is 18.4 Å². The molecule has 0 N–H and O–H groups in total. The van der Waals surface area contributed by atoms with Gasteiger partial charge in [0.15, 0.2) is 0 Å². The zero-order valence-electron chi connectivity index (χ0n) is 15.4. The monoisotopic (exact) mass is 382 g/mol. The fraction of sp³-hybridized carbons (Fsp3) is 0.647. The maximum Gasteiger partial charge on any atom is 1.00 e. The van der Waals surface area contributed by atoms with Crippen LogP contribution in [0.25, 0.3) is 0 Å². The number of ether oxygens (including phenoxy) is 1. The Bertz CT molecular complexity index is 564. The molecule has 0 saturated carbocycles. The van der Waals surface area contributed by atoms with Crippen LogP contribution in [0.4, 0.5) is 0 Å². The summed E-state index contributed by atoms with van der Waals surface area (Å²) < 4.78 is 40.3. The van der Waals surface area contributed by atoms with Crippen LogP contribution in [0.3, 0.4) is 0 Å². The van der Waals surface area contributed by atoms with Gasteiger partial charge in [0.25, 0.3) is 0 Å². The van der Waals surface area contributed by atoms with E-state index < -0.39 is 16.7 Å². The molecular formula is C17H27NaO6S. The molecule has 0 bridgehead atoms.